The number of nitrogens with zero attached hydrogens (tertiary/aromatic N) is 2. The summed E-state index contributed by atoms with van der Waals surface area (Å²) in [6.45, 7) is 2.28. The summed E-state index contributed by atoms with van der Waals surface area (Å²) in [5.74, 6) is -0.398. The molecular formula is C13H11ClIN3O3. The van der Waals surface area contributed by atoms with E-state index in [1.807, 2.05) is 6.92 Å². The molecule has 0 unspecified atom stereocenters. The van der Waals surface area contributed by atoms with E-state index in [9.17, 15) is 14.9 Å². The molecule has 21 heavy (non-hydrogen) atoms. The highest BCUT2D eigenvalue weighted by Gasteiger charge is 2.19. The molecule has 0 aliphatic heterocycles. The molecule has 0 radical (unpaired) electrons. The van der Waals surface area contributed by atoms with Crippen molar-refractivity contribution in [2.24, 2.45) is 0 Å². The summed E-state index contributed by atoms with van der Waals surface area (Å²) in [6.07, 6.45) is 1.35. The zero-order valence-corrected chi connectivity index (χ0v) is 13.9. The fourth-order valence-electron chi connectivity index (χ4n) is 1.82. The molecule has 1 amide bonds. The van der Waals surface area contributed by atoms with Gasteiger partial charge in [0.2, 0.25) is 0 Å². The SMILES string of the molecule is CCn1cc([N+](=O)[O-])cc1C(=O)Nc1ccc(Cl)cc1I. The first kappa shape index (κ1) is 15.8. The van der Waals surface area contributed by atoms with E-state index in [2.05, 4.69) is 27.9 Å². The van der Waals surface area contributed by atoms with E-state index >= 15 is 0 Å². The van der Waals surface area contributed by atoms with Crippen LogP contribution in [0.4, 0.5) is 11.4 Å². The zero-order chi connectivity index (χ0) is 15.6. The number of hydrogen-bond donors (Lipinski definition) is 1. The van der Waals surface area contributed by atoms with Crippen molar-refractivity contribution < 1.29 is 9.72 Å². The number of carbonyl (C=O) groups excluding carboxylic acids is 1. The maximum Gasteiger partial charge on any atom is 0.287 e. The van der Waals surface area contributed by atoms with Crippen LogP contribution < -0.4 is 5.32 Å². The molecule has 0 saturated heterocycles. The van der Waals surface area contributed by atoms with Gasteiger partial charge in [-0.1, -0.05) is 11.6 Å². The van der Waals surface area contributed by atoms with Crippen molar-refractivity contribution in [1.29, 1.82) is 0 Å². The molecule has 0 bridgehead atoms. The molecule has 2 aromatic rings. The number of amides is 1. The lowest BCUT2D eigenvalue weighted by atomic mass is 10.3. The number of halogens is 2. The van der Waals surface area contributed by atoms with E-state index in [1.54, 1.807) is 18.2 Å². The van der Waals surface area contributed by atoms with Crippen molar-refractivity contribution in [3.05, 3.63) is 54.9 Å². The summed E-state index contributed by atoms with van der Waals surface area (Å²) < 4.78 is 2.33. The first-order chi connectivity index (χ1) is 9.92. The largest absolute Gasteiger partial charge is 0.337 e. The molecular weight excluding hydrogens is 409 g/mol. The van der Waals surface area contributed by atoms with Crippen molar-refractivity contribution in [2.75, 3.05) is 5.32 Å². The van der Waals surface area contributed by atoms with Crippen molar-refractivity contribution in [1.82, 2.24) is 4.57 Å². The monoisotopic (exact) mass is 419 g/mol. The number of nitrogens with one attached hydrogen (secondary N) is 1. The van der Waals surface area contributed by atoms with Crippen LogP contribution in [0.15, 0.2) is 30.5 Å². The lowest BCUT2D eigenvalue weighted by molar-refractivity contribution is -0.384. The Balaban J connectivity index is 2.29. The third-order valence-corrected chi connectivity index (χ3v) is 3.97. The second kappa shape index (κ2) is 6.44. The molecule has 1 aromatic heterocycles. The van der Waals surface area contributed by atoms with Crippen molar-refractivity contribution >= 4 is 51.5 Å². The Kier molecular flexibility index (Phi) is 4.84. The van der Waals surface area contributed by atoms with Crippen LogP contribution in [-0.4, -0.2) is 15.4 Å². The van der Waals surface area contributed by atoms with Crippen LogP contribution in [0, 0.1) is 13.7 Å². The van der Waals surface area contributed by atoms with Crippen LogP contribution in [0.2, 0.25) is 5.02 Å². The van der Waals surface area contributed by atoms with Crippen LogP contribution in [0.1, 0.15) is 17.4 Å². The van der Waals surface area contributed by atoms with Gasteiger partial charge in [0.25, 0.3) is 11.6 Å². The minimum atomic E-state index is -0.519. The normalized spacial score (nSPS) is 10.4. The van der Waals surface area contributed by atoms with Gasteiger partial charge in [-0.05, 0) is 47.7 Å². The Bertz CT molecular complexity index is 715. The van der Waals surface area contributed by atoms with E-state index in [-0.39, 0.29) is 11.4 Å². The minimum absolute atomic E-state index is 0.104. The zero-order valence-electron chi connectivity index (χ0n) is 11.0. The Morgan fingerprint density at radius 3 is 2.76 bits per heavy atom. The van der Waals surface area contributed by atoms with E-state index in [0.717, 1.165) is 3.57 Å². The maximum absolute atomic E-state index is 12.3. The average molecular weight is 420 g/mol. The lowest BCUT2D eigenvalue weighted by Gasteiger charge is -2.09. The summed E-state index contributed by atoms with van der Waals surface area (Å²) in [6, 6.07) is 6.34. The van der Waals surface area contributed by atoms with Gasteiger partial charge in [0.05, 0.1) is 16.8 Å². The average Bonchev–Trinajstić information content (AvgIpc) is 2.86. The smallest absolute Gasteiger partial charge is 0.287 e. The third kappa shape index (κ3) is 3.53. The van der Waals surface area contributed by atoms with Gasteiger partial charge >= 0.3 is 0 Å². The molecule has 1 aromatic carbocycles. The summed E-state index contributed by atoms with van der Waals surface area (Å²) in [4.78, 5) is 22.6. The van der Waals surface area contributed by atoms with Gasteiger partial charge in [-0.25, -0.2) is 0 Å². The van der Waals surface area contributed by atoms with Gasteiger partial charge in [0.1, 0.15) is 5.69 Å². The van der Waals surface area contributed by atoms with Crippen LogP contribution in [0.3, 0.4) is 0 Å². The molecule has 0 atom stereocenters. The Morgan fingerprint density at radius 2 is 2.19 bits per heavy atom. The van der Waals surface area contributed by atoms with Gasteiger partial charge in [0.15, 0.2) is 0 Å². The van der Waals surface area contributed by atoms with Crippen LogP contribution in [-0.2, 0) is 6.54 Å². The number of anilines is 1. The Hall–Kier alpha value is -1.61. The summed E-state index contributed by atoms with van der Waals surface area (Å²) in [7, 11) is 0. The molecule has 110 valence electrons. The fraction of sp³-hybridized carbons (Fsp3) is 0.154. The molecule has 0 aliphatic rings. The number of carbonyl (C=O) groups is 1. The van der Waals surface area contributed by atoms with Crippen molar-refractivity contribution in [2.45, 2.75) is 13.5 Å². The number of aromatic nitrogens is 1. The van der Waals surface area contributed by atoms with Gasteiger partial charge in [0, 0.05) is 21.2 Å². The molecule has 0 saturated carbocycles. The fourth-order valence-corrected chi connectivity index (χ4v) is 2.83. The quantitative estimate of drug-likeness (QED) is 0.463. The number of hydrogen-bond acceptors (Lipinski definition) is 3. The summed E-state index contributed by atoms with van der Waals surface area (Å²) in [5.41, 5.74) is 0.749. The number of nitro groups is 1. The molecule has 1 N–H and O–H groups in total. The predicted molar refractivity (Wildman–Crippen MR) is 88.9 cm³/mol. The van der Waals surface area contributed by atoms with E-state index in [0.29, 0.717) is 17.3 Å². The van der Waals surface area contributed by atoms with Crippen LogP contribution in [0.25, 0.3) is 0 Å². The van der Waals surface area contributed by atoms with Gasteiger partial charge < -0.3 is 9.88 Å². The number of aryl methyl sites for hydroxylation is 1. The van der Waals surface area contributed by atoms with E-state index < -0.39 is 10.8 Å². The van der Waals surface area contributed by atoms with E-state index in [4.69, 9.17) is 11.6 Å². The van der Waals surface area contributed by atoms with Crippen molar-refractivity contribution in [3.63, 3.8) is 0 Å². The highest BCUT2D eigenvalue weighted by Crippen LogP contribution is 2.24. The standard InChI is InChI=1S/C13H11ClIN3O3/c1-2-17-7-9(18(20)21)6-12(17)13(19)16-11-4-3-8(14)5-10(11)15/h3-7H,2H2,1H3,(H,16,19). The highest BCUT2D eigenvalue weighted by molar-refractivity contribution is 14.1. The van der Waals surface area contributed by atoms with E-state index in [1.165, 1.54) is 16.8 Å². The summed E-state index contributed by atoms with van der Waals surface area (Å²) >= 11 is 7.92. The van der Waals surface area contributed by atoms with Gasteiger partial charge in [-0.15, -0.1) is 0 Å². The predicted octanol–water partition coefficient (Wildman–Crippen LogP) is 3.93. The molecule has 2 rings (SSSR count). The molecule has 1 heterocycles. The van der Waals surface area contributed by atoms with Gasteiger partial charge in [-0.3, -0.25) is 14.9 Å². The van der Waals surface area contributed by atoms with Crippen LogP contribution in [0.5, 0.6) is 0 Å². The molecule has 0 fully saturated rings. The Morgan fingerprint density at radius 1 is 1.48 bits per heavy atom. The lowest BCUT2D eigenvalue weighted by Crippen LogP contribution is -2.16. The maximum atomic E-state index is 12.3. The minimum Gasteiger partial charge on any atom is -0.337 e. The topological polar surface area (TPSA) is 77.2 Å². The summed E-state index contributed by atoms with van der Waals surface area (Å²) in [5, 5.41) is 14.1. The van der Waals surface area contributed by atoms with Crippen LogP contribution >= 0.6 is 34.2 Å². The molecule has 6 nitrogen and oxygen atoms in total. The van der Waals surface area contributed by atoms with Crippen molar-refractivity contribution in [3.8, 4) is 0 Å². The molecule has 0 aliphatic carbocycles. The Labute approximate surface area is 139 Å². The highest BCUT2D eigenvalue weighted by atomic mass is 127. The molecule has 0 spiro atoms. The number of benzene rings is 1. The number of rotatable bonds is 4. The first-order valence-electron chi connectivity index (χ1n) is 6.03. The van der Waals surface area contributed by atoms with Gasteiger partial charge in [-0.2, -0.15) is 0 Å². The molecule has 8 heteroatoms. The second-order valence-electron chi connectivity index (χ2n) is 4.20. The third-order valence-electron chi connectivity index (χ3n) is 2.85. The second-order valence-corrected chi connectivity index (χ2v) is 5.80. The first-order valence-corrected chi connectivity index (χ1v) is 7.49.